The molecule has 0 aliphatic carbocycles. The minimum Gasteiger partial charge on any atom is -0.415 e. The van der Waals surface area contributed by atoms with Crippen LogP contribution in [0.4, 0.5) is 14.5 Å². The molecule has 12 nitrogen and oxygen atoms in total. The van der Waals surface area contributed by atoms with Crippen LogP contribution >= 0.6 is 0 Å². The smallest absolute Gasteiger partial charge is 0.314 e. The van der Waals surface area contributed by atoms with Gasteiger partial charge in [0.2, 0.25) is 11.8 Å². The van der Waals surface area contributed by atoms with E-state index in [0.717, 1.165) is 36.9 Å². The summed E-state index contributed by atoms with van der Waals surface area (Å²) in [6.45, 7) is 7.47. The third-order valence-corrected chi connectivity index (χ3v) is 4.97. The second kappa shape index (κ2) is 13.6. The Morgan fingerprint density at radius 3 is 2.44 bits per heavy atom. The standard InChI is InChI=1S/C19H15F2N7O4.C6H14O/c1-10(29)23-13-4-2-3-11(7-13)14-9-28(27-24-14)19(30,31)15-6-5-12(8-22-15)17-25-26-18(32-17)16(20)21;1-3-5-7-6-4-2/h2-9,16,30-31H,1H3,(H,23,29);3-6H2,1-2H3. The lowest BCUT2D eigenvalue weighted by Gasteiger charge is -2.20. The zero-order valence-electron chi connectivity index (χ0n) is 21.6. The van der Waals surface area contributed by atoms with Gasteiger partial charge in [0.25, 0.3) is 5.89 Å². The van der Waals surface area contributed by atoms with E-state index in [2.05, 4.69) is 44.7 Å². The molecule has 0 saturated carbocycles. The number of pyridine rings is 1. The van der Waals surface area contributed by atoms with Crippen molar-refractivity contribution in [2.24, 2.45) is 0 Å². The number of hydrogen-bond donors (Lipinski definition) is 3. The van der Waals surface area contributed by atoms with E-state index in [-0.39, 0.29) is 23.1 Å². The number of nitrogens with one attached hydrogen (secondary N) is 1. The quantitative estimate of drug-likeness (QED) is 0.198. The van der Waals surface area contributed by atoms with Gasteiger partial charge in [-0.15, -0.1) is 15.3 Å². The molecule has 3 N–H and O–H groups in total. The number of nitrogens with zero attached hydrogens (tertiary/aromatic N) is 6. The van der Waals surface area contributed by atoms with Gasteiger partial charge < -0.3 is 24.7 Å². The molecule has 1 aromatic carbocycles. The summed E-state index contributed by atoms with van der Waals surface area (Å²) in [6, 6.07) is 9.33. The Kier molecular flexibility index (Phi) is 10.3. The predicted octanol–water partition coefficient (Wildman–Crippen LogP) is 3.75. The van der Waals surface area contributed by atoms with Crippen molar-refractivity contribution in [1.29, 1.82) is 0 Å². The van der Waals surface area contributed by atoms with Gasteiger partial charge in [0.1, 0.15) is 11.4 Å². The molecule has 3 heterocycles. The van der Waals surface area contributed by atoms with Gasteiger partial charge in [-0.05, 0) is 37.1 Å². The Hall–Kier alpha value is -4.14. The van der Waals surface area contributed by atoms with E-state index in [9.17, 15) is 23.8 Å². The highest BCUT2D eigenvalue weighted by Crippen LogP contribution is 2.26. The fourth-order valence-electron chi connectivity index (χ4n) is 3.17. The number of halogens is 2. The van der Waals surface area contributed by atoms with Crippen LogP contribution in [0.15, 0.2) is 53.2 Å². The van der Waals surface area contributed by atoms with Gasteiger partial charge in [0.05, 0.1) is 11.8 Å². The van der Waals surface area contributed by atoms with Crippen LogP contribution in [-0.4, -0.2) is 59.5 Å². The number of amides is 1. The predicted molar refractivity (Wildman–Crippen MR) is 135 cm³/mol. The molecule has 4 rings (SSSR count). The van der Waals surface area contributed by atoms with E-state index < -0.39 is 18.2 Å². The van der Waals surface area contributed by atoms with Crippen LogP contribution in [0, 0.1) is 0 Å². The van der Waals surface area contributed by atoms with Crippen LogP contribution in [0.3, 0.4) is 0 Å². The molecule has 14 heteroatoms. The number of anilines is 1. The van der Waals surface area contributed by atoms with Crippen molar-refractivity contribution in [3.63, 3.8) is 0 Å². The number of alkyl halides is 2. The topological polar surface area (TPSA) is 161 Å². The molecule has 0 aliphatic rings. The molecule has 0 saturated heterocycles. The fraction of sp³-hybridized carbons (Fsp3) is 0.360. The van der Waals surface area contributed by atoms with E-state index in [1.54, 1.807) is 24.3 Å². The molecular weight excluding hydrogens is 516 g/mol. The highest BCUT2D eigenvalue weighted by atomic mass is 19.3. The molecule has 1 amide bonds. The third kappa shape index (κ3) is 7.92. The summed E-state index contributed by atoms with van der Waals surface area (Å²) in [4.78, 5) is 15.2. The molecule has 0 bridgehead atoms. The molecule has 0 spiro atoms. The maximum absolute atomic E-state index is 12.6. The number of hydrogen-bond acceptors (Lipinski definition) is 10. The zero-order valence-corrected chi connectivity index (χ0v) is 21.6. The van der Waals surface area contributed by atoms with Crippen molar-refractivity contribution < 1.29 is 32.9 Å². The monoisotopic (exact) mass is 545 g/mol. The normalized spacial score (nSPS) is 11.3. The maximum Gasteiger partial charge on any atom is 0.314 e. The average molecular weight is 546 g/mol. The number of carbonyl (C=O) groups excluding carboxylic acids is 1. The highest BCUT2D eigenvalue weighted by Gasteiger charge is 2.32. The maximum atomic E-state index is 12.6. The largest absolute Gasteiger partial charge is 0.415 e. The molecule has 0 aliphatic heterocycles. The second-order valence-corrected chi connectivity index (χ2v) is 8.24. The number of rotatable bonds is 10. The fourth-order valence-corrected chi connectivity index (χ4v) is 3.17. The number of carbonyl (C=O) groups is 1. The van der Waals surface area contributed by atoms with Crippen molar-refractivity contribution in [3.05, 3.63) is 60.4 Å². The molecule has 0 unspecified atom stereocenters. The van der Waals surface area contributed by atoms with E-state index in [0.29, 0.717) is 16.9 Å². The Balaban J connectivity index is 0.000000532. The average Bonchev–Trinajstić information content (AvgIpc) is 3.61. The summed E-state index contributed by atoms with van der Waals surface area (Å²) < 4.78 is 35.9. The van der Waals surface area contributed by atoms with Crippen LogP contribution < -0.4 is 5.32 Å². The molecule has 39 heavy (non-hydrogen) atoms. The van der Waals surface area contributed by atoms with E-state index in [1.165, 1.54) is 25.3 Å². The molecule has 0 radical (unpaired) electrons. The van der Waals surface area contributed by atoms with E-state index in [1.807, 2.05) is 0 Å². The second-order valence-electron chi connectivity index (χ2n) is 8.24. The molecule has 0 atom stereocenters. The van der Waals surface area contributed by atoms with Crippen molar-refractivity contribution in [1.82, 2.24) is 30.2 Å². The van der Waals surface area contributed by atoms with Crippen LogP contribution in [0.2, 0.25) is 0 Å². The lowest BCUT2D eigenvalue weighted by molar-refractivity contribution is -0.203. The first kappa shape index (κ1) is 29.4. The Morgan fingerprint density at radius 2 is 1.85 bits per heavy atom. The minimum atomic E-state index is -2.91. The number of aliphatic hydroxyl groups is 2. The van der Waals surface area contributed by atoms with Crippen LogP contribution in [0.1, 0.15) is 51.6 Å². The van der Waals surface area contributed by atoms with Gasteiger partial charge in [-0.3, -0.25) is 9.78 Å². The SMILES string of the molecule is CC(=O)Nc1cccc(-c2cn(C(O)(O)c3ccc(-c4nnc(C(F)F)o4)cn3)nn2)c1.CCCOCCC. The first-order valence-corrected chi connectivity index (χ1v) is 12.1. The van der Waals surface area contributed by atoms with Gasteiger partial charge in [0.15, 0.2) is 0 Å². The van der Waals surface area contributed by atoms with Crippen molar-refractivity contribution in [3.8, 4) is 22.7 Å². The lowest BCUT2D eigenvalue weighted by Crippen LogP contribution is -2.35. The number of ether oxygens (including phenoxy) is 1. The van der Waals surface area contributed by atoms with Gasteiger partial charge in [0, 0.05) is 37.6 Å². The Morgan fingerprint density at radius 1 is 1.10 bits per heavy atom. The molecule has 208 valence electrons. The van der Waals surface area contributed by atoms with Crippen LogP contribution in [-0.2, 0) is 15.4 Å². The van der Waals surface area contributed by atoms with Gasteiger partial charge in [-0.1, -0.05) is 31.2 Å². The molecule has 3 aromatic heterocycles. The van der Waals surface area contributed by atoms with E-state index in [4.69, 9.17) is 9.15 Å². The Bertz CT molecular complexity index is 1340. The summed E-state index contributed by atoms with van der Waals surface area (Å²) in [5.74, 6) is -3.93. The molecule has 4 aromatic rings. The summed E-state index contributed by atoms with van der Waals surface area (Å²) in [6.07, 6.45) is 1.81. The van der Waals surface area contributed by atoms with Crippen LogP contribution in [0.25, 0.3) is 22.7 Å². The van der Waals surface area contributed by atoms with Gasteiger partial charge in [-0.2, -0.15) is 13.5 Å². The summed E-state index contributed by atoms with van der Waals surface area (Å²) in [5.41, 5.74) is 1.41. The summed E-state index contributed by atoms with van der Waals surface area (Å²) >= 11 is 0. The number of benzene rings is 1. The molecular formula is C25H29F2N7O5. The lowest BCUT2D eigenvalue weighted by atomic mass is 10.1. The minimum absolute atomic E-state index is 0.192. The highest BCUT2D eigenvalue weighted by molar-refractivity contribution is 5.89. The van der Waals surface area contributed by atoms with Crippen molar-refractivity contribution >= 4 is 11.6 Å². The van der Waals surface area contributed by atoms with Crippen molar-refractivity contribution in [2.75, 3.05) is 18.5 Å². The summed E-state index contributed by atoms with van der Waals surface area (Å²) in [5, 5.41) is 38.2. The van der Waals surface area contributed by atoms with E-state index >= 15 is 0 Å². The van der Waals surface area contributed by atoms with Crippen LogP contribution in [0.5, 0.6) is 0 Å². The first-order valence-electron chi connectivity index (χ1n) is 12.1. The number of aromatic nitrogens is 6. The Labute approximate surface area is 222 Å². The van der Waals surface area contributed by atoms with Gasteiger partial charge >= 0.3 is 12.3 Å². The van der Waals surface area contributed by atoms with Gasteiger partial charge in [-0.25, -0.2) is 0 Å². The third-order valence-electron chi connectivity index (χ3n) is 4.97. The first-order chi connectivity index (χ1) is 18.6. The summed E-state index contributed by atoms with van der Waals surface area (Å²) in [7, 11) is 0. The van der Waals surface area contributed by atoms with Crippen molar-refractivity contribution in [2.45, 2.75) is 45.9 Å². The molecule has 0 fully saturated rings. The zero-order chi connectivity index (χ0) is 28.4.